The molecule has 6 N–H and O–H groups in total. The summed E-state index contributed by atoms with van der Waals surface area (Å²) in [6.45, 7) is 4.20. The number of carbonyl (C=O) groups excluding carboxylic acids is 1. The number of aliphatic hydroxyl groups excluding tert-OH is 1. The van der Waals surface area contributed by atoms with Crippen LogP contribution in [-0.2, 0) is 11.2 Å². The summed E-state index contributed by atoms with van der Waals surface area (Å²) < 4.78 is 0. The Bertz CT molecular complexity index is 908. The molecule has 1 amide bonds. The van der Waals surface area contributed by atoms with Crippen LogP contribution in [0, 0.1) is 0 Å². The number of nitrogens with two attached hydrogens (primary N) is 2. The summed E-state index contributed by atoms with van der Waals surface area (Å²) in [5.74, 6) is -0.419. The van der Waals surface area contributed by atoms with Crippen LogP contribution >= 0.6 is 11.3 Å². The number of carboxylic acid groups (broad SMARTS) is 1. The number of aliphatic hydroxyl groups is 1. The summed E-state index contributed by atoms with van der Waals surface area (Å²) in [5.41, 5.74) is 13.2. The number of nitrogens with zero attached hydrogens (tertiary/aromatic N) is 3. The Morgan fingerprint density at radius 1 is 1.31 bits per heavy atom. The maximum atomic E-state index is 12.3. The van der Waals surface area contributed by atoms with E-state index in [4.69, 9.17) is 16.6 Å². The van der Waals surface area contributed by atoms with Crippen molar-refractivity contribution in [2.45, 2.75) is 32.2 Å². The number of carbonyl (C=O) groups is 2. The predicted molar refractivity (Wildman–Crippen MR) is 113 cm³/mol. The van der Waals surface area contributed by atoms with Gasteiger partial charge in [0.25, 0.3) is 0 Å². The maximum absolute atomic E-state index is 12.3. The summed E-state index contributed by atoms with van der Waals surface area (Å²) in [4.78, 5) is 33.1. The third kappa shape index (κ3) is 4.29. The van der Waals surface area contributed by atoms with Crippen molar-refractivity contribution in [3.05, 3.63) is 16.5 Å². The molecule has 0 unspecified atom stereocenters. The first kappa shape index (κ1) is 21.3. The van der Waals surface area contributed by atoms with Gasteiger partial charge < -0.3 is 31.5 Å². The van der Waals surface area contributed by atoms with Crippen molar-refractivity contribution >= 4 is 44.9 Å². The number of piperazine rings is 1. The Morgan fingerprint density at radius 2 is 2.00 bits per heavy atom. The van der Waals surface area contributed by atoms with E-state index in [0.29, 0.717) is 31.0 Å². The van der Waals surface area contributed by atoms with Crippen LogP contribution in [0.25, 0.3) is 10.2 Å². The van der Waals surface area contributed by atoms with Gasteiger partial charge in [-0.1, -0.05) is 13.3 Å². The third-order valence-corrected chi connectivity index (χ3v) is 6.24. The van der Waals surface area contributed by atoms with E-state index in [-0.39, 0.29) is 29.5 Å². The van der Waals surface area contributed by atoms with Crippen molar-refractivity contribution in [2.24, 2.45) is 5.73 Å². The van der Waals surface area contributed by atoms with Gasteiger partial charge in [-0.25, -0.2) is 9.78 Å². The Balaban J connectivity index is 1.84. The lowest BCUT2D eigenvalue weighted by atomic mass is 10.1. The second kappa shape index (κ2) is 8.93. The van der Waals surface area contributed by atoms with Gasteiger partial charge in [0.05, 0.1) is 11.7 Å². The smallest absolute Gasteiger partial charge is 0.348 e. The van der Waals surface area contributed by atoms with Gasteiger partial charge in [-0.15, -0.1) is 11.3 Å². The Labute approximate surface area is 172 Å². The van der Waals surface area contributed by atoms with E-state index < -0.39 is 12.0 Å². The Morgan fingerprint density at radius 3 is 2.59 bits per heavy atom. The highest BCUT2D eigenvalue weighted by atomic mass is 32.1. The fourth-order valence-electron chi connectivity index (χ4n) is 3.63. The van der Waals surface area contributed by atoms with Crippen molar-refractivity contribution in [2.75, 3.05) is 43.4 Å². The van der Waals surface area contributed by atoms with Gasteiger partial charge in [0, 0.05) is 38.2 Å². The van der Waals surface area contributed by atoms with Gasteiger partial charge in [0.2, 0.25) is 5.91 Å². The molecule has 0 aliphatic carbocycles. The van der Waals surface area contributed by atoms with Crippen molar-refractivity contribution in [3.8, 4) is 0 Å². The van der Waals surface area contributed by atoms with E-state index in [1.807, 2.05) is 6.07 Å². The number of carboxylic acids is 1. The third-order valence-electron chi connectivity index (χ3n) is 5.15. The van der Waals surface area contributed by atoms with Crippen molar-refractivity contribution in [1.82, 2.24) is 9.88 Å². The first-order chi connectivity index (χ1) is 13.9. The molecule has 9 nitrogen and oxygen atoms in total. The molecule has 0 radical (unpaired) electrons. The summed E-state index contributed by atoms with van der Waals surface area (Å²) in [6, 6.07) is 1.30. The monoisotopic (exact) mass is 421 g/mol. The molecule has 3 heterocycles. The van der Waals surface area contributed by atoms with E-state index in [9.17, 15) is 14.7 Å². The van der Waals surface area contributed by atoms with E-state index >= 15 is 0 Å². The van der Waals surface area contributed by atoms with Crippen LogP contribution in [0.3, 0.4) is 0 Å². The minimum atomic E-state index is -1.04. The molecule has 1 fully saturated rings. The van der Waals surface area contributed by atoms with E-state index in [1.54, 1.807) is 4.90 Å². The van der Waals surface area contributed by atoms with Crippen LogP contribution in [0.1, 0.15) is 35.0 Å². The van der Waals surface area contributed by atoms with E-state index in [2.05, 4.69) is 16.8 Å². The van der Waals surface area contributed by atoms with Crippen LogP contribution in [0.5, 0.6) is 0 Å². The normalized spacial score (nSPS) is 15.7. The number of hydrogen-bond acceptors (Lipinski definition) is 8. The van der Waals surface area contributed by atoms with Gasteiger partial charge in [0.15, 0.2) is 0 Å². The number of thiophene rings is 1. The van der Waals surface area contributed by atoms with Crippen LogP contribution < -0.4 is 16.4 Å². The zero-order chi connectivity index (χ0) is 21.1. The lowest BCUT2D eigenvalue weighted by Crippen LogP contribution is -2.53. The summed E-state index contributed by atoms with van der Waals surface area (Å²) in [5, 5.41) is 19.1. The molecule has 0 aromatic carbocycles. The minimum absolute atomic E-state index is 0.112. The number of rotatable bonds is 7. The van der Waals surface area contributed by atoms with Crippen LogP contribution in [0.4, 0.5) is 11.5 Å². The molecule has 1 aliphatic rings. The second-order valence-corrected chi connectivity index (χ2v) is 8.15. The number of hydrogen-bond donors (Lipinski definition) is 4. The highest BCUT2D eigenvalue weighted by molar-refractivity contribution is 7.21. The topological polar surface area (TPSA) is 146 Å². The molecule has 0 saturated carbocycles. The highest BCUT2D eigenvalue weighted by Gasteiger charge is 2.27. The molecule has 2 aromatic heterocycles. The number of fused-ring (bicyclic) bond motifs is 1. The quantitative estimate of drug-likeness (QED) is 0.515. The largest absolute Gasteiger partial charge is 0.477 e. The number of aromatic nitrogens is 1. The van der Waals surface area contributed by atoms with Gasteiger partial charge in [0.1, 0.15) is 15.5 Å². The van der Waals surface area contributed by atoms with Crippen LogP contribution in [-0.4, -0.2) is 70.8 Å². The Hall–Kier alpha value is -2.43. The number of aromatic carboxylic acids is 1. The van der Waals surface area contributed by atoms with Gasteiger partial charge in [-0.3, -0.25) is 4.79 Å². The van der Waals surface area contributed by atoms with Crippen molar-refractivity contribution < 1.29 is 19.8 Å². The SMILES string of the molecule is CCCc1cc(N2CCN(C(=O)[C@@H](N)CCO)CC2)nc2sc(C(=O)O)c(N)c12. The van der Waals surface area contributed by atoms with Crippen molar-refractivity contribution in [1.29, 1.82) is 0 Å². The maximum Gasteiger partial charge on any atom is 0.348 e. The highest BCUT2D eigenvalue weighted by Crippen LogP contribution is 2.37. The number of anilines is 2. The van der Waals surface area contributed by atoms with Crippen molar-refractivity contribution in [3.63, 3.8) is 0 Å². The molecule has 1 atom stereocenters. The molecule has 1 aliphatic heterocycles. The second-order valence-electron chi connectivity index (χ2n) is 7.15. The molecular formula is C19H27N5O4S. The zero-order valence-corrected chi connectivity index (χ0v) is 17.2. The number of pyridine rings is 1. The zero-order valence-electron chi connectivity index (χ0n) is 16.4. The lowest BCUT2D eigenvalue weighted by molar-refractivity contribution is -0.133. The lowest BCUT2D eigenvalue weighted by Gasteiger charge is -2.36. The molecule has 2 aromatic rings. The van der Waals surface area contributed by atoms with Gasteiger partial charge in [-0.2, -0.15) is 0 Å². The number of aryl methyl sites for hydroxylation is 1. The molecule has 158 valence electrons. The molecule has 29 heavy (non-hydrogen) atoms. The average molecular weight is 422 g/mol. The molecule has 1 saturated heterocycles. The van der Waals surface area contributed by atoms with Crippen LogP contribution in [0.15, 0.2) is 6.07 Å². The summed E-state index contributed by atoms with van der Waals surface area (Å²) >= 11 is 1.10. The molecular weight excluding hydrogens is 394 g/mol. The fourth-order valence-corrected chi connectivity index (χ4v) is 4.60. The van der Waals surface area contributed by atoms with E-state index in [0.717, 1.165) is 40.9 Å². The predicted octanol–water partition coefficient (Wildman–Crippen LogP) is 0.888. The standard InChI is InChI=1S/C19H27N5O4S/c1-2-3-11-10-13(22-17-14(11)15(21)16(29-17)19(27)28)23-5-7-24(8-6-23)18(26)12(20)4-9-25/h10,12,25H,2-9,20-21H2,1H3,(H,27,28)/t12-/m0/s1. The summed E-state index contributed by atoms with van der Waals surface area (Å²) in [6.07, 6.45) is 1.94. The molecule has 10 heteroatoms. The first-order valence-electron chi connectivity index (χ1n) is 9.72. The minimum Gasteiger partial charge on any atom is -0.477 e. The molecule has 3 rings (SSSR count). The number of amides is 1. The first-order valence-corrected chi connectivity index (χ1v) is 10.5. The number of nitrogen functional groups attached to an aromatic ring is 1. The van der Waals surface area contributed by atoms with E-state index in [1.165, 1.54) is 0 Å². The fraction of sp³-hybridized carbons (Fsp3) is 0.526. The van der Waals surface area contributed by atoms with Crippen LogP contribution in [0.2, 0.25) is 0 Å². The van der Waals surface area contributed by atoms with Gasteiger partial charge in [-0.05, 0) is 24.5 Å². The summed E-state index contributed by atoms with van der Waals surface area (Å²) in [7, 11) is 0. The average Bonchev–Trinajstić information content (AvgIpc) is 3.05. The molecule has 0 bridgehead atoms. The molecule has 0 spiro atoms. The Kier molecular flexibility index (Phi) is 6.56. The van der Waals surface area contributed by atoms with Gasteiger partial charge >= 0.3 is 5.97 Å².